The topological polar surface area (TPSA) is 95.2 Å². The maximum atomic E-state index is 12.4. The number of nitrogens with one attached hydrogen (secondary N) is 2. The van der Waals surface area contributed by atoms with Crippen LogP contribution in [0.4, 0.5) is 0 Å². The molecule has 1 aromatic heterocycles. The molecule has 2 heterocycles. The molecule has 2 aromatic rings. The minimum atomic E-state index is -3.14. The number of hydrogen-bond donors (Lipinski definition) is 2. The van der Waals surface area contributed by atoms with Gasteiger partial charge in [-0.25, -0.2) is 12.7 Å². The molecule has 2 N–H and O–H groups in total. The van der Waals surface area contributed by atoms with Crippen molar-refractivity contribution in [3.8, 4) is 0 Å². The number of hydrogen-bond acceptors (Lipinski definition) is 4. The standard InChI is InChI=1S/C15H20N4O3S/c1-2-23(21,22)19-9-7-11(8-10-19)16-15(20)14-12-5-3-4-6-13(12)17-18-14/h3-6,11H,2,7-10H2,1H3,(H,16,20)(H,17,18). The molecule has 0 spiro atoms. The van der Waals surface area contributed by atoms with Gasteiger partial charge in [-0.05, 0) is 25.8 Å². The Labute approximate surface area is 135 Å². The summed E-state index contributed by atoms with van der Waals surface area (Å²) < 4.78 is 25.2. The van der Waals surface area contributed by atoms with Crippen molar-refractivity contribution in [2.24, 2.45) is 0 Å². The van der Waals surface area contributed by atoms with E-state index in [1.807, 2.05) is 24.3 Å². The lowest BCUT2D eigenvalue weighted by Gasteiger charge is -2.31. The van der Waals surface area contributed by atoms with Crippen LogP contribution in [0.1, 0.15) is 30.3 Å². The summed E-state index contributed by atoms with van der Waals surface area (Å²) in [5.41, 5.74) is 1.20. The van der Waals surface area contributed by atoms with Crippen LogP contribution in [-0.2, 0) is 10.0 Å². The van der Waals surface area contributed by atoms with Crippen LogP contribution in [0.2, 0.25) is 0 Å². The van der Waals surface area contributed by atoms with Crippen molar-refractivity contribution >= 4 is 26.8 Å². The van der Waals surface area contributed by atoms with E-state index >= 15 is 0 Å². The SMILES string of the molecule is CCS(=O)(=O)N1CCC(NC(=O)c2n[nH]c3ccccc23)CC1. The third kappa shape index (κ3) is 3.23. The van der Waals surface area contributed by atoms with Gasteiger partial charge < -0.3 is 5.32 Å². The Hall–Kier alpha value is -1.93. The Morgan fingerprint density at radius 3 is 2.74 bits per heavy atom. The summed E-state index contributed by atoms with van der Waals surface area (Å²) in [6.45, 7) is 2.54. The molecule has 8 heteroatoms. The molecule has 1 aliphatic heterocycles. The van der Waals surface area contributed by atoms with Gasteiger partial charge >= 0.3 is 0 Å². The predicted octanol–water partition coefficient (Wildman–Crippen LogP) is 1.11. The second kappa shape index (κ2) is 6.29. The molecule has 23 heavy (non-hydrogen) atoms. The molecule has 124 valence electrons. The third-order valence-corrected chi connectivity index (χ3v) is 6.11. The third-order valence-electron chi connectivity index (χ3n) is 4.23. The number of amides is 1. The molecule has 0 radical (unpaired) electrons. The first kappa shape index (κ1) is 15.9. The van der Waals surface area contributed by atoms with Gasteiger partial charge in [-0.15, -0.1) is 0 Å². The number of benzene rings is 1. The normalized spacial score (nSPS) is 17.4. The largest absolute Gasteiger partial charge is 0.348 e. The van der Waals surface area contributed by atoms with Crippen molar-refractivity contribution in [1.29, 1.82) is 0 Å². The number of sulfonamides is 1. The molecular formula is C15H20N4O3S. The van der Waals surface area contributed by atoms with Crippen LogP contribution in [0.15, 0.2) is 24.3 Å². The number of para-hydroxylation sites is 1. The highest BCUT2D eigenvalue weighted by molar-refractivity contribution is 7.89. The average molecular weight is 336 g/mol. The lowest BCUT2D eigenvalue weighted by molar-refractivity contribution is 0.0920. The molecule has 1 amide bonds. The Balaban J connectivity index is 1.64. The fourth-order valence-electron chi connectivity index (χ4n) is 2.85. The molecule has 1 aromatic carbocycles. The first-order chi connectivity index (χ1) is 11.0. The summed E-state index contributed by atoms with van der Waals surface area (Å²) in [6, 6.07) is 7.44. The molecule has 3 rings (SSSR count). The van der Waals surface area contributed by atoms with Gasteiger partial charge in [0.2, 0.25) is 10.0 Å². The van der Waals surface area contributed by atoms with E-state index in [2.05, 4.69) is 15.5 Å². The number of rotatable bonds is 4. The van der Waals surface area contributed by atoms with E-state index in [4.69, 9.17) is 0 Å². The summed E-state index contributed by atoms with van der Waals surface area (Å²) in [5.74, 6) is -0.109. The van der Waals surface area contributed by atoms with Gasteiger partial charge in [-0.2, -0.15) is 5.10 Å². The Kier molecular flexibility index (Phi) is 4.36. The molecule has 1 saturated heterocycles. The monoisotopic (exact) mass is 336 g/mol. The van der Waals surface area contributed by atoms with E-state index in [-0.39, 0.29) is 17.7 Å². The summed E-state index contributed by atoms with van der Waals surface area (Å²) in [7, 11) is -3.14. The maximum Gasteiger partial charge on any atom is 0.272 e. The smallest absolute Gasteiger partial charge is 0.272 e. The number of carbonyl (C=O) groups is 1. The van der Waals surface area contributed by atoms with E-state index in [9.17, 15) is 13.2 Å². The number of aromatic amines is 1. The first-order valence-electron chi connectivity index (χ1n) is 7.73. The van der Waals surface area contributed by atoms with Gasteiger partial charge in [0, 0.05) is 24.5 Å². The van der Waals surface area contributed by atoms with Crippen LogP contribution in [0.5, 0.6) is 0 Å². The first-order valence-corrected chi connectivity index (χ1v) is 9.34. The second-order valence-electron chi connectivity index (χ2n) is 5.67. The van der Waals surface area contributed by atoms with Crippen molar-refractivity contribution in [3.05, 3.63) is 30.0 Å². The fourth-order valence-corrected chi connectivity index (χ4v) is 3.98. The van der Waals surface area contributed by atoms with E-state index in [1.54, 1.807) is 6.92 Å². The van der Waals surface area contributed by atoms with Crippen molar-refractivity contribution in [3.63, 3.8) is 0 Å². The Morgan fingerprint density at radius 2 is 2.04 bits per heavy atom. The fraction of sp³-hybridized carbons (Fsp3) is 0.467. The molecule has 0 bridgehead atoms. The summed E-state index contributed by atoms with van der Waals surface area (Å²) in [6.07, 6.45) is 1.24. The molecule has 0 aliphatic carbocycles. The highest BCUT2D eigenvalue weighted by atomic mass is 32.2. The zero-order chi connectivity index (χ0) is 16.4. The lowest BCUT2D eigenvalue weighted by Crippen LogP contribution is -2.46. The van der Waals surface area contributed by atoms with Gasteiger partial charge in [0.15, 0.2) is 5.69 Å². The zero-order valence-corrected chi connectivity index (χ0v) is 13.8. The van der Waals surface area contributed by atoms with Crippen molar-refractivity contribution in [2.75, 3.05) is 18.8 Å². The van der Waals surface area contributed by atoms with Crippen LogP contribution in [0.25, 0.3) is 10.9 Å². The summed E-state index contributed by atoms with van der Waals surface area (Å²) in [5, 5.41) is 10.7. The van der Waals surface area contributed by atoms with Gasteiger partial charge in [0.25, 0.3) is 5.91 Å². The van der Waals surface area contributed by atoms with Crippen LogP contribution >= 0.6 is 0 Å². The van der Waals surface area contributed by atoms with Gasteiger partial charge in [0.1, 0.15) is 0 Å². The van der Waals surface area contributed by atoms with E-state index in [0.29, 0.717) is 31.6 Å². The van der Waals surface area contributed by atoms with Crippen LogP contribution in [-0.4, -0.2) is 53.7 Å². The minimum Gasteiger partial charge on any atom is -0.348 e. The summed E-state index contributed by atoms with van der Waals surface area (Å²) in [4.78, 5) is 12.4. The molecule has 0 atom stereocenters. The molecule has 0 unspecified atom stereocenters. The number of fused-ring (bicyclic) bond motifs is 1. The number of carbonyl (C=O) groups excluding carboxylic acids is 1. The predicted molar refractivity (Wildman–Crippen MR) is 87.6 cm³/mol. The van der Waals surface area contributed by atoms with Crippen molar-refractivity contribution < 1.29 is 13.2 Å². The van der Waals surface area contributed by atoms with E-state index in [1.165, 1.54) is 4.31 Å². The van der Waals surface area contributed by atoms with Crippen LogP contribution in [0.3, 0.4) is 0 Å². The van der Waals surface area contributed by atoms with E-state index in [0.717, 1.165) is 10.9 Å². The van der Waals surface area contributed by atoms with Crippen molar-refractivity contribution in [1.82, 2.24) is 19.8 Å². The Bertz CT molecular complexity index is 807. The van der Waals surface area contributed by atoms with Crippen molar-refractivity contribution in [2.45, 2.75) is 25.8 Å². The average Bonchev–Trinajstić information content (AvgIpc) is 2.99. The Morgan fingerprint density at radius 1 is 1.35 bits per heavy atom. The molecule has 0 saturated carbocycles. The number of aromatic nitrogens is 2. The summed E-state index contributed by atoms with van der Waals surface area (Å²) >= 11 is 0. The quantitative estimate of drug-likeness (QED) is 0.874. The highest BCUT2D eigenvalue weighted by Crippen LogP contribution is 2.17. The van der Waals surface area contributed by atoms with Gasteiger partial charge in [-0.1, -0.05) is 18.2 Å². The van der Waals surface area contributed by atoms with Crippen LogP contribution < -0.4 is 5.32 Å². The minimum absolute atomic E-state index is 0.0266. The molecule has 7 nitrogen and oxygen atoms in total. The number of H-pyrrole nitrogens is 1. The number of piperidine rings is 1. The van der Waals surface area contributed by atoms with Gasteiger partial charge in [-0.3, -0.25) is 9.89 Å². The number of nitrogens with zero attached hydrogens (tertiary/aromatic N) is 2. The molecule has 1 fully saturated rings. The van der Waals surface area contributed by atoms with E-state index < -0.39 is 10.0 Å². The second-order valence-corrected chi connectivity index (χ2v) is 7.92. The van der Waals surface area contributed by atoms with Crippen LogP contribution in [0, 0.1) is 0 Å². The highest BCUT2D eigenvalue weighted by Gasteiger charge is 2.28. The molecular weight excluding hydrogens is 316 g/mol. The lowest BCUT2D eigenvalue weighted by atomic mass is 10.1. The maximum absolute atomic E-state index is 12.4. The molecule has 1 aliphatic rings. The zero-order valence-electron chi connectivity index (χ0n) is 12.9. The van der Waals surface area contributed by atoms with Gasteiger partial charge in [0.05, 0.1) is 11.3 Å².